The molecule has 0 radical (unpaired) electrons. The summed E-state index contributed by atoms with van der Waals surface area (Å²) in [5.74, 6) is 0.0604. The number of halogens is 1. The molecule has 0 N–H and O–H groups in total. The summed E-state index contributed by atoms with van der Waals surface area (Å²) in [5.41, 5.74) is 1.86. The zero-order valence-corrected chi connectivity index (χ0v) is 12.5. The predicted molar refractivity (Wildman–Crippen MR) is 78.5 cm³/mol. The first-order chi connectivity index (χ1) is 9.04. The van der Waals surface area contributed by atoms with E-state index in [0.29, 0.717) is 18.0 Å². The molecule has 0 spiro atoms. The first-order valence-electron chi connectivity index (χ1n) is 5.94. The van der Waals surface area contributed by atoms with Crippen molar-refractivity contribution in [1.29, 1.82) is 0 Å². The van der Waals surface area contributed by atoms with Gasteiger partial charge in [0.15, 0.2) is 0 Å². The van der Waals surface area contributed by atoms with Crippen molar-refractivity contribution in [3.63, 3.8) is 0 Å². The van der Waals surface area contributed by atoms with Crippen molar-refractivity contribution in [2.45, 2.75) is 19.9 Å². The van der Waals surface area contributed by atoms with Crippen LogP contribution < -0.4 is 0 Å². The van der Waals surface area contributed by atoms with Gasteiger partial charge in [-0.25, -0.2) is 4.98 Å². The number of benzene rings is 1. The van der Waals surface area contributed by atoms with Gasteiger partial charge in [-0.2, -0.15) is 0 Å². The zero-order chi connectivity index (χ0) is 13.8. The Labute approximate surface area is 121 Å². The fourth-order valence-electron chi connectivity index (χ4n) is 1.78. The number of aryl methyl sites for hydroxylation is 1. The number of amides is 1. The lowest BCUT2D eigenvalue weighted by Gasteiger charge is -2.16. The minimum atomic E-state index is 0.0604. The molecule has 100 valence electrons. The van der Waals surface area contributed by atoms with Gasteiger partial charge >= 0.3 is 0 Å². The summed E-state index contributed by atoms with van der Waals surface area (Å²) in [4.78, 5) is 18.1. The van der Waals surface area contributed by atoms with Crippen LogP contribution in [-0.4, -0.2) is 22.8 Å². The summed E-state index contributed by atoms with van der Waals surface area (Å²) >= 11 is 7.49. The SMILES string of the molecule is Cc1nc(CC(=O)N(C)Cc2cccc(Cl)c2)cs1. The molecule has 0 saturated carbocycles. The molecule has 0 unspecified atom stereocenters. The number of thiazole rings is 1. The molecule has 0 aliphatic rings. The van der Waals surface area contributed by atoms with Crippen molar-refractivity contribution in [1.82, 2.24) is 9.88 Å². The largest absolute Gasteiger partial charge is 0.341 e. The normalized spacial score (nSPS) is 10.5. The maximum atomic E-state index is 12.1. The van der Waals surface area contributed by atoms with Gasteiger partial charge in [-0.15, -0.1) is 11.3 Å². The van der Waals surface area contributed by atoms with E-state index in [-0.39, 0.29) is 5.91 Å². The highest BCUT2D eigenvalue weighted by atomic mass is 35.5. The average molecular weight is 295 g/mol. The number of carbonyl (C=O) groups excluding carboxylic acids is 1. The third-order valence-electron chi connectivity index (χ3n) is 2.73. The van der Waals surface area contributed by atoms with Gasteiger partial charge in [-0.1, -0.05) is 23.7 Å². The van der Waals surface area contributed by atoms with Crippen LogP contribution in [-0.2, 0) is 17.8 Å². The maximum absolute atomic E-state index is 12.1. The van der Waals surface area contributed by atoms with E-state index in [0.717, 1.165) is 16.3 Å². The third-order valence-corrected chi connectivity index (χ3v) is 3.79. The minimum absolute atomic E-state index is 0.0604. The van der Waals surface area contributed by atoms with Gasteiger partial charge in [0.25, 0.3) is 0 Å². The average Bonchev–Trinajstić information content (AvgIpc) is 2.74. The van der Waals surface area contributed by atoms with Crippen LogP contribution >= 0.6 is 22.9 Å². The Morgan fingerprint density at radius 3 is 2.89 bits per heavy atom. The van der Waals surface area contributed by atoms with Gasteiger partial charge in [-0.05, 0) is 24.6 Å². The van der Waals surface area contributed by atoms with E-state index in [4.69, 9.17) is 11.6 Å². The molecule has 19 heavy (non-hydrogen) atoms. The van der Waals surface area contributed by atoms with E-state index in [2.05, 4.69) is 4.98 Å². The summed E-state index contributed by atoms with van der Waals surface area (Å²) in [5, 5.41) is 3.61. The molecule has 3 nitrogen and oxygen atoms in total. The number of hydrogen-bond acceptors (Lipinski definition) is 3. The summed E-state index contributed by atoms with van der Waals surface area (Å²) in [6, 6.07) is 7.55. The van der Waals surface area contributed by atoms with Crippen molar-refractivity contribution < 1.29 is 4.79 Å². The molecular formula is C14H15ClN2OS. The Hall–Kier alpha value is -1.39. The van der Waals surface area contributed by atoms with E-state index in [9.17, 15) is 4.79 Å². The van der Waals surface area contributed by atoms with Crippen LogP contribution in [0.25, 0.3) is 0 Å². The molecule has 0 fully saturated rings. The molecule has 0 saturated heterocycles. The van der Waals surface area contributed by atoms with Gasteiger partial charge in [0.05, 0.1) is 17.1 Å². The van der Waals surface area contributed by atoms with Crippen molar-refractivity contribution in [3.05, 3.63) is 50.9 Å². The van der Waals surface area contributed by atoms with Crippen LogP contribution in [0.5, 0.6) is 0 Å². The Bertz CT molecular complexity index is 582. The summed E-state index contributed by atoms with van der Waals surface area (Å²) in [6.45, 7) is 2.50. The highest BCUT2D eigenvalue weighted by Gasteiger charge is 2.12. The third kappa shape index (κ3) is 4.04. The van der Waals surface area contributed by atoms with E-state index in [1.54, 1.807) is 23.3 Å². The van der Waals surface area contributed by atoms with Crippen molar-refractivity contribution in [3.8, 4) is 0 Å². The zero-order valence-electron chi connectivity index (χ0n) is 10.9. The fraction of sp³-hybridized carbons (Fsp3) is 0.286. The van der Waals surface area contributed by atoms with E-state index in [1.807, 2.05) is 36.6 Å². The molecule has 5 heteroatoms. The second-order valence-electron chi connectivity index (χ2n) is 4.41. The molecule has 1 aromatic carbocycles. The molecule has 0 aliphatic heterocycles. The molecule has 2 rings (SSSR count). The fourth-order valence-corrected chi connectivity index (χ4v) is 2.60. The smallest absolute Gasteiger partial charge is 0.228 e. The number of hydrogen-bond donors (Lipinski definition) is 0. The quantitative estimate of drug-likeness (QED) is 0.867. The van der Waals surface area contributed by atoms with Gasteiger partial charge in [-0.3, -0.25) is 4.79 Å². The summed E-state index contributed by atoms with van der Waals surface area (Å²) < 4.78 is 0. The minimum Gasteiger partial charge on any atom is -0.341 e. The van der Waals surface area contributed by atoms with E-state index in [1.165, 1.54) is 0 Å². The lowest BCUT2D eigenvalue weighted by Crippen LogP contribution is -2.27. The van der Waals surface area contributed by atoms with E-state index < -0.39 is 0 Å². The number of carbonyl (C=O) groups is 1. The van der Waals surface area contributed by atoms with Crippen LogP contribution in [0.15, 0.2) is 29.6 Å². The summed E-state index contributed by atoms with van der Waals surface area (Å²) in [6.07, 6.45) is 0.349. The lowest BCUT2D eigenvalue weighted by atomic mass is 10.2. The standard InChI is InChI=1S/C14H15ClN2OS/c1-10-16-13(9-19-10)7-14(18)17(2)8-11-4-3-5-12(15)6-11/h3-6,9H,7-8H2,1-2H3. The summed E-state index contributed by atoms with van der Waals surface area (Å²) in [7, 11) is 1.79. The van der Waals surface area contributed by atoms with Crippen LogP contribution in [0.3, 0.4) is 0 Å². The maximum Gasteiger partial charge on any atom is 0.228 e. The predicted octanol–water partition coefficient (Wildman–Crippen LogP) is 3.31. The second kappa shape index (κ2) is 6.17. The molecule has 0 bridgehead atoms. The Balaban J connectivity index is 1.96. The van der Waals surface area contributed by atoms with Crippen LogP contribution in [0.4, 0.5) is 0 Å². The van der Waals surface area contributed by atoms with Crippen molar-refractivity contribution >= 4 is 28.8 Å². The highest BCUT2D eigenvalue weighted by molar-refractivity contribution is 7.09. The second-order valence-corrected chi connectivity index (χ2v) is 5.91. The molecule has 0 aliphatic carbocycles. The number of rotatable bonds is 4. The first-order valence-corrected chi connectivity index (χ1v) is 7.20. The first kappa shape index (κ1) is 14.0. The highest BCUT2D eigenvalue weighted by Crippen LogP contribution is 2.13. The number of likely N-dealkylation sites (N-methyl/N-ethyl adjacent to an activating group) is 1. The van der Waals surface area contributed by atoms with Crippen LogP contribution in [0.1, 0.15) is 16.3 Å². The topological polar surface area (TPSA) is 33.2 Å². The lowest BCUT2D eigenvalue weighted by molar-refractivity contribution is -0.129. The Kier molecular flexibility index (Phi) is 4.56. The monoisotopic (exact) mass is 294 g/mol. The Morgan fingerprint density at radius 1 is 1.47 bits per heavy atom. The molecule has 0 atom stereocenters. The van der Waals surface area contributed by atoms with Crippen LogP contribution in [0.2, 0.25) is 5.02 Å². The Morgan fingerprint density at radius 2 is 2.26 bits per heavy atom. The molecule has 2 aromatic rings. The van der Waals surface area contributed by atoms with Crippen LogP contribution in [0, 0.1) is 6.92 Å². The van der Waals surface area contributed by atoms with Crippen molar-refractivity contribution in [2.75, 3.05) is 7.05 Å². The number of aromatic nitrogens is 1. The van der Waals surface area contributed by atoms with Gasteiger partial charge in [0, 0.05) is 24.0 Å². The van der Waals surface area contributed by atoms with Crippen molar-refractivity contribution in [2.24, 2.45) is 0 Å². The molecular weight excluding hydrogens is 280 g/mol. The van der Waals surface area contributed by atoms with E-state index >= 15 is 0 Å². The number of nitrogens with zero attached hydrogens (tertiary/aromatic N) is 2. The van der Waals surface area contributed by atoms with Gasteiger partial charge in [0.1, 0.15) is 0 Å². The van der Waals surface area contributed by atoms with Gasteiger partial charge < -0.3 is 4.90 Å². The molecule has 1 amide bonds. The molecule has 1 aromatic heterocycles. The van der Waals surface area contributed by atoms with Gasteiger partial charge in [0.2, 0.25) is 5.91 Å². The molecule has 1 heterocycles.